The predicted octanol–water partition coefficient (Wildman–Crippen LogP) is 1.80. The van der Waals surface area contributed by atoms with Crippen LogP contribution in [0.15, 0.2) is 35.4 Å². The van der Waals surface area contributed by atoms with E-state index < -0.39 is 16.6 Å². The molecule has 1 aromatic heterocycles. The van der Waals surface area contributed by atoms with Crippen molar-refractivity contribution in [3.8, 4) is 5.75 Å². The van der Waals surface area contributed by atoms with Gasteiger partial charge in [-0.1, -0.05) is 12.1 Å². The Balaban J connectivity index is 2.01. The number of aromatic nitrogens is 2. The van der Waals surface area contributed by atoms with Crippen LogP contribution in [0.1, 0.15) is 11.3 Å². The smallest absolute Gasteiger partial charge is 0.387 e. The maximum atomic E-state index is 12.0. The van der Waals surface area contributed by atoms with Crippen molar-refractivity contribution < 1.29 is 21.9 Å². The standard InChI is InChI=1S/C12H13F2N3O3S/c1-8-11(7-15-17-8)21(18,19)16-6-9-2-4-10(5-3-9)20-12(13)14/h2-5,7,12,16H,6H2,1H3,(H,15,17). The van der Waals surface area contributed by atoms with Gasteiger partial charge in [-0.3, -0.25) is 5.10 Å². The van der Waals surface area contributed by atoms with Crippen molar-refractivity contribution in [3.63, 3.8) is 0 Å². The van der Waals surface area contributed by atoms with Crippen molar-refractivity contribution in [1.29, 1.82) is 0 Å². The summed E-state index contributed by atoms with van der Waals surface area (Å²) in [6, 6.07) is 5.70. The van der Waals surface area contributed by atoms with Gasteiger partial charge in [0.25, 0.3) is 0 Å². The SMILES string of the molecule is Cc1[nH]ncc1S(=O)(=O)NCc1ccc(OC(F)F)cc1. The lowest BCUT2D eigenvalue weighted by Crippen LogP contribution is -2.23. The van der Waals surface area contributed by atoms with Crippen LogP contribution in [0.2, 0.25) is 0 Å². The lowest BCUT2D eigenvalue weighted by molar-refractivity contribution is -0.0498. The third-order valence-corrected chi connectivity index (χ3v) is 4.20. The molecule has 1 heterocycles. The second-order valence-electron chi connectivity index (χ2n) is 4.21. The highest BCUT2D eigenvalue weighted by molar-refractivity contribution is 7.89. The van der Waals surface area contributed by atoms with E-state index in [0.29, 0.717) is 11.3 Å². The second-order valence-corrected chi connectivity index (χ2v) is 5.94. The van der Waals surface area contributed by atoms with E-state index >= 15 is 0 Å². The summed E-state index contributed by atoms with van der Waals surface area (Å²) >= 11 is 0. The van der Waals surface area contributed by atoms with Gasteiger partial charge < -0.3 is 4.74 Å². The van der Waals surface area contributed by atoms with Gasteiger partial charge in [0.15, 0.2) is 0 Å². The molecule has 2 rings (SSSR count). The fourth-order valence-electron chi connectivity index (χ4n) is 1.66. The van der Waals surface area contributed by atoms with Gasteiger partial charge in [0.1, 0.15) is 10.6 Å². The molecule has 0 saturated heterocycles. The zero-order valence-electron chi connectivity index (χ0n) is 11.0. The number of rotatable bonds is 6. The van der Waals surface area contributed by atoms with E-state index in [-0.39, 0.29) is 17.2 Å². The number of alkyl halides is 2. The Labute approximate surface area is 120 Å². The van der Waals surface area contributed by atoms with Crippen molar-refractivity contribution in [2.45, 2.75) is 25.0 Å². The van der Waals surface area contributed by atoms with Crippen LogP contribution in [0.25, 0.3) is 0 Å². The van der Waals surface area contributed by atoms with Gasteiger partial charge >= 0.3 is 6.61 Å². The fourth-order valence-corrected chi connectivity index (χ4v) is 2.81. The van der Waals surface area contributed by atoms with E-state index in [2.05, 4.69) is 19.7 Å². The van der Waals surface area contributed by atoms with E-state index in [9.17, 15) is 17.2 Å². The van der Waals surface area contributed by atoms with Gasteiger partial charge in [-0.05, 0) is 24.6 Å². The van der Waals surface area contributed by atoms with Crippen LogP contribution in [0, 0.1) is 6.92 Å². The molecule has 0 atom stereocenters. The summed E-state index contributed by atoms with van der Waals surface area (Å²) in [5, 5.41) is 6.19. The Morgan fingerprint density at radius 2 is 2.00 bits per heavy atom. The fraction of sp³-hybridized carbons (Fsp3) is 0.250. The summed E-state index contributed by atoms with van der Waals surface area (Å²) in [5.74, 6) is 0.0160. The van der Waals surface area contributed by atoms with Crippen LogP contribution >= 0.6 is 0 Å². The Morgan fingerprint density at radius 3 is 2.52 bits per heavy atom. The first kappa shape index (κ1) is 15.4. The topological polar surface area (TPSA) is 84.1 Å². The Hall–Kier alpha value is -2.00. The first-order valence-electron chi connectivity index (χ1n) is 5.92. The van der Waals surface area contributed by atoms with E-state index in [1.807, 2.05) is 0 Å². The van der Waals surface area contributed by atoms with Crippen LogP contribution in [0.3, 0.4) is 0 Å². The minimum absolute atomic E-state index is 0.0160. The third-order valence-electron chi connectivity index (χ3n) is 2.69. The molecule has 6 nitrogen and oxygen atoms in total. The molecule has 0 unspecified atom stereocenters. The number of benzene rings is 1. The van der Waals surface area contributed by atoms with Crippen molar-refractivity contribution in [3.05, 3.63) is 41.7 Å². The molecule has 0 aliphatic carbocycles. The highest BCUT2D eigenvalue weighted by Gasteiger charge is 2.18. The number of sulfonamides is 1. The number of aromatic amines is 1. The van der Waals surface area contributed by atoms with Crippen molar-refractivity contribution in [1.82, 2.24) is 14.9 Å². The molecular weight excluding hydrogens is 304 g/mol. The first-order valence-corrected chi connectivity index (χ1v) is 7.40. The highest BCUT2D eigenvalue weighted by atomic mass is 32.2. The summed E-state index contributed by atoms with van der Waals surface area (Å²) in [5.41, 5.74) is 1.05. The monoisotopic (exact) mass is 317 g/mol. The molecule has 0 amide bonds. The molecule has 0 spiro atoms. The summed E-state index contributed by atoms with van der Waals surface area (Å²) in [4.78, 5) is 0.0696. The maximum Gasteiger partial charge on any atom is 0.387 e. The van der Waals surface area contributed by atoms with Gasteiger partial charge in [0.2, 0.25) is 10.0 Å². The molecule has 0 aliphatic heterocycles. The van der Waals surface area contributed by atoms with Crippen LogP contribution in [-0.4, -0.2) is 25.2 Å². The van der Waals surface area contributed by atoms with Crippen molar-refractivity contribution in [2.75, 3.05) is 0 Å². The van der Waals surface area contributed by atoms with Crippen LogP contribution in [0.4, 0.5) is 8.78 Å². The summed E-state index contributed by atoms with van der Waals surface area (Å²) in [6.07, 6.45) is 1.22. The largest absolute Gasteiger partial charge is 0.435 e. The van der Waals surface area contributed by atoms with E-state index in [1.165, 1.54) is 30.5 Å². The zero-order valence-corrected chi connectivity index (χ0v) is 11.8. The van der Waals surface area contributed by atoms with E-state index in [0.717, 1.165) is 0 Å². The summed E-state index contributed by atoms with van der Waals surface area (Å²) in [6.45, 7) is -1.27. The van der Waals surface area contributed by atoms with Gasteiger partial charge in [-0.25, -0.2) is 13.1 Å². The minimum atomic E-state index is -3.67. The number of hydrogen-bond acceptors (Lipinski definition) is 4. The lowest BCUT2D eigenvalue weighted by atomic mass is 10.2. The average Bonchev–Trinajstić information content (AvgIpc) is 2.84. The lowest BCUT2D eigenvalue weighted by Gasteiger charge is -2.07. The number of aryl methyl sites for hydroxylation is 1. The Bertz CT molecular complexity index is 699. The van der Waals surface area contributed by atoms with Crippen molar-refractivity contribution >= 4 is 10.0 Å². The van der Waals surface area contributed by atoms with Gasteiger partial charge in [0.05, 0.1) is 11.9 Å². The maximum absolute atomic E-state index is 12.0. The normalized spacial score (nSPS) is 11.8. The number of nitrogens with zero attached hydrogens (tertiary/aromatic N) is 1. The molecule has 9 heteroatoms. The minimum Gasteiger partial charge on any atom is -0.435 e. The molecule has 0 bridgehead atoms. The third kappa shape index (κ3) is 3.99. The molecule has 2 aromatic rings. The first-order chi connectivity index (χ1) is 9.88. The number of H-pyrrole nitrogens is 1. The van der Waals surface area contributed by atoms with Crippen LogP contribution < -0.4 is 9.46 Å². The molecule has 1 aromatic carbocycles. The predicted molar refractivity (Wildman–Crippen MR) is 70.4 cm³/mol. The number of ether oxygens (including phenoxy) is 1. The molecule has 0 radical (unpaired) electrons. The summed E-state index contributed by atoms with van der Waals surface area (Å²) < 4.78 is 54.6. The quantitative estimate of drug-likeness (QED) is 0.851. The molecular formula is C12H13F2N3O3S. The van der Waals surface area contributed by atoms with Crippen LogP contribution in [-0.2, 0) is 16.6 Å². The van der Waals surface area contributed by atoms with Crippen LogP contribution in [0.5, 0.6) is 5.75 Å². The molecule has 2 N–H and O–H groups in total. The highest BCUT2D eigenvalue weighted by Crippen LogP contribution is 2.16. The second kappa shape index (κ2) is 6.19. The Morgan fingerprint density at radius 1 is 1.33 bits per heavy atom. The molecule has 0 aliphatic rings. The molecule has 21 heavy (non-hydrogen) atoms. The Kier molecular flexibility index (Phi) is 4.53. The number of halogens is 2. The molecule has 0 saturated carbocycles. The van der Waals surface area contributed by atoms with E-state index in [4.69, 9.17) is 0 Å². The molecule has 0 fully saturated rings. The van der Waals surface area contributed by atoms with Gasteiger partial charge in [-0.2, -0.15) is 13.9 Å². The molecule has 114 valence electrons. The summed E-state index contributed by atoms with van der Waals surface area (Å²) in [7, 11) is -3.67. The number of nitrogens with one attached hydrogen (secondary N) is 2. The van der Waals surface area contributed by atoms with Crippen molar-refractivity contribution in [2.24, 2.45) is 0 Å². The van der Waals surface area contributed by atoms with Gasteiger partial charge in [0, 0.05) is 6.54 Å². The van der Waals surface area contributed by atoms with E-state index in [1.54, 1.807) is 6.92 Å². The number of hydrogen-bond donors (Lipinski definition) is 2. The average molecular weight is 317 g/mol. The van der Waals surface area contributed by atoms with Gasteiger partial charge in [-0.15, -0.1) is 0 Å². The zero-order chi connectivity index (χ0) is 15.5.